The molecule has 0 bridgehead atoms. The first kappa shape index (κ1) is 11.4. The maximum absolute atomic E-state index is 5.39. The van der Waals surface area contributed by atoms with Crippen LogP contribution in [0.15, 0.2) is 24.3 Å². The molecule has 16 heavy (non-hydrogen) atoms. The van der Waals surface area contributed by atoms with Gasteiger partial charge in [-0.15, -0.1) is 0 Å². The molecule has 2 rings (SSSR count). The van der Waals surface area contributed by atoms with Crippen molar-refractivity contribution in [1.82, 2.24) is 5.43 Å². The summed E-state index contributed by atoms with van der Waals surface area (Å²) >= 11 is 0. The Hall–Kier alpha value is -1.06. The number of anilines is 1. The van der Waals surface area contributed by atoms with E-state index in [2.05, 4.69) is 48.4 Å². The zero-order chi connectivity index (χ0) is 11.5. The molecule has 0 amide bonds. The molecule has 3 heteroatoms. The summed E-state index contributed by atoms with van der Waals surface area (Å²) in [6.45, 7) is 6.54. The van der Waals surface area contributed by atoms with Gasteiger partial charge in [-0.2, -0.15) is 0 Å². The standard InChI is InChI=1S/C13H21N3/c1-10(2)6-11-4-3-5-13(7-11)16-8-12(9-16)15-14/h3-5,7,10,12,15H,6,8-9,14H2,1-2H3. The lowest BCUT2D eigenvalue weighted by Gasteiger charge is -2.40. The fourth-order valence-corrected chi connectivity index (χ4v) is 2.15. The predicted octanol–water partition coefficient (Wildman–Crippen LogP) is 1.54. The number of rotatable bonds is 4. The molecule has 1 aliphatic rings. The third kappa shape index (κ3) is 2.54. The molecule has 1 fully saturated rings. The number of benzene rings is 1. The summed E-state index contributed by atoms with van der Waals surface area (Å²) in [6, 6.07) is 9.29. The van der Waals surface area contributed by atoms with E-state index in [0.717, 1.165) is 19.5 Å². The van der Waals surface area contributed by atoms with Gasteiger partial charge in [0.15, 0.2) is 0 Å². The van der Waals surface area contributed by atoms with E-state index in [-0.39, 0.29) is 0 Å². The lowest BCUT2D eigenvalue weighted by atomic mass is 10.0. The van der Waals surface area contributed by atoms with E-state index in [0.29, 0.717) is 12.0 Å². The zero-order valence-electron chi connectivity index (χ0n) is 10.1. The van der Waals surface area contributed by atoms with Crippen molar-refractivity contribution in [2.24, 2.45) is 11.8 Å². The number of nitrogens with two attached hydrogens (primary N) is 1. The molecule has 1 aliphatic heterocycles. The van der Waals surface area contributed by atoms with Crippen LogP contribution in [0.2, 0.25) is 0 Å². The molecule has 0 unspecified atom stereocenters. The molecule has 1 aromatic rings. The monoisotopic (exact) mass is 219 g/mol. The smallest absolute Gasteiger partial charge is 0.0560 e. The lowest BCUT2D eigenvalue weighted by Crippen LogP contribution is -2.60. The molecule has 3 nitrogen and oxygen atoms in total. The first-order chi connectivity index (χ1) is 7.69. The van der Waals surface area contributed by atoms with Crippen LogP contribution in [-0.4, -0.2) is 19.1 Å². The van der Waals surface area contributed by atoms with E-state index >= 15 is 0 Å². The molecular weight excluding hydrogens is 198 g/mol. The van der Waals surface area contributed by atoms with Crippen molar-refractivity contribution in [2.45, 2.75) is 26.3 Å². The summed E-state index contributed by atoms with van der Waals surface area (Å²) in [5, 5.41) is 0. The molecule has 0 radical (unpaired) electrons. The SMILES string of the molecule is CC(C)Cc1cccc(N2CC(NN)C2)c1. The molecule has 0 saturated carbocycles. The van der Waals surface area contributed by atoms with Crippen molar-refractivity contribution in [3.63, 3.8) is 0 Å². The van der Waals surface area contributed by atoms with Crippen LogP contribution in [0.1, 0.15) is 19.4 Å². The van der Waals surface area contributed by atoms with Gasteiger partial charge in [0, 0.05) is 18.8 Å². The summed E-state index contributed by atoms with van der Waals surface area (Å²) in [4.78, 5) is 2.36. The Labute approximate surface area is 97.6 Å². The number of hydrogen-bond donors (Lipinski definition) is 2. The van der Waals surface area contributed by atoms with Crippen LogP contribution >= 0.6 is 0 Å². The predicted molar refractivity (Wildman–Crippen MR) is 68.3 cm³/mol. The molecule has 88 valence electrons. The van der Waals surface area contributed by atoms with Gasteiger partial charge < -0.3 is 4.90 Å². The van der Waals surface area contributed by atoms with E-state index < -0.39 is 0 Å². The van der Waals surface area contributed by atoms with Gasteiger partial charge >= 0.3 is 0 Å². The van der Waals surface area contributed by atoms with Gasteiger partial charge in [-0.1, -0.05) is 26.0 Å². The first-order valence-corrected chi connectivity index (χ1v) is 5.99. The second-order valence-corrected chi connectivity index (χ2v) is 5.04. The van der Waals surface area contributed by atoms with E-state index in [4.69, 9.17) is 5.84 Å². The maximum atomic E-state index is 5.39. The summed E-state index contributed by atoms with van der Waals surface area (Å²) in [5.74, 6) is 6.11. The van der Waals surface area contributed by atoms with Gasteiger partial charge in [-0.3, -0.25) is 11.3 Å². The van der Waals surface area contributed by atoms with Crippen LogP contribution in [0.5, 0.6) is 0 Å². The zero-order valence-corrected chi connectivity index (χ0v) is 10.1. The Balaban J connectivity index is 2.00. The van der Waals surface area contributed by atoms with Crippen molar-refractivity contribution in [3.05, 3.63) is 29.8 Å². The number of nitrogens with zero attached hydrogens (tertiary/aromatic N) is 1. The summed E-state index contributed by atoms with van der Waals surface area (Å²) in [5.41, 5.74) is 5.56. The van der Waals surface area contributed by atoms with Crippen LogP contribution < -0.4 is 16.2 Å². The van der Waals surface area contributed by atoms with Gasteiger partial charge in [0.2, 0.25) is 0 Å². The van der Waals surface area contributed by atoms with Crippen molar-refractivity contribution in [3.8, 4) is 0 Å². The molecule has 0 aliphatic carbocycles. The van der Waals surface area contributed by atoms with E-state index in [1.165, 1.54) is 11.3 Å². The summed E-state index contributed by atoms with van der Waals surface area (Å²) in [7, 11) is 0. The average Bonchev–Trinajstić information content (AvgIpc) is 2.15. The topological polar surface area (TPSA) is 41.3 Å². The van der Waals surface area contributed by atoms with Crippen LogP contribution in [-0.2, 0) is 6.42 Å². The van der Waals surface area contributed by atoms with Crippen molar-refractivity contribution >= 4 is 5.69 Å². The van der Waals surface area contributed by atoms with Gasteiger partial charge in [-0.05, 0) is 30.0 Å². The largest absolute Gasteiger partial charge is 0.368 e. The Morgan fingerprint density at radius 1 is 1.44 bits per heavy atom. The van der Waals surface area contributed by atoms with E-state index in [1.54, 1.807) is 0 Å². The molecule has 0 aromatic heterocycles. The first-order valence-electron chi connectivity index (χ1n) is 5.99. The number of nitrogens with one attached hydrogen (secondary N) is 1. The molecular formula is C13H21N3. The lowest BCUT2D eigenvalue weighted by molar-refractivity contribution is 0.429. The fourth-order valence-electron chi connectivity index (χ4n) is 2.15. The third-order valence-electron chi connectivity index (χ3n) is 3.04. The van der Waals surface area contributed by atoms with Crippen LogP contribution in [0.25, 0.3) is 0 Å². The van der Waals surface area contributed by atoms with Crippen LogP contribution in [0.4, 0.5) is 5.69 Å². The quantitative estimate of drug-likeness (QED) is 0.596. The molecule has 1 aromatic carbocycles. The second kappa shape index (κ2) is 4.85. The highest BCUT2D eigenvalue weighted by atomic mass is 15.3. The minimum absolute atomic E-state index is 0.453. The highest BCUT2D eigenvalue weighted by Crippen LogP contribution is 2.22. The maximum Gasteiger partial charge on any atom is 0.0560 e. The molecule has 0 atom stereocenters. The summed E-state index contributed by atoms with van der Waals surface area (Å²) in [6.07, 6.45) is 1.15. The summed E-state index contributed by atoms with van der Waals surface area (Å²) < 4.78 is 0. The van der Waals surface area contributed by atoms with Gasteiger partial charge in [0.25, 0.3) is 0 Å². The molecule has 0 spiro atoms. The second-order valence-electron chi connectivity index (χ2n) is 5.04. The highest BCUT2D eigenvalue weighted by molar-refractivity contribution is 5.51. The van der Waals surface area contributed by atoms with Crippen LogP contribution in [0.3, 0.4) is 0 Å². The van der Waals surface area contributed by atoms with Crippen molar-refractivity contribution in [1.29, 1.82) is 0 Å². The minimum Gasteiger partial charge on any atom is -0.368 e. The van der Waals surface area contributed by atoms with E-state index in [1.807, 2.05) is 0 Å². The highest BCUT2D eigenvalue weighted by Gasteiger charge is 2.25. The minimum atomic E-state index is 0.453. The van der Waals surface area contributed by atoms with Crippen LogP contribution in [0, 0.1) is 5.92 Å². The van der Waals surface area contributed by atoms with Gasteiger partial charge in [0.05, 0.1) is 6.04 Å². The number of hydrogen-bond acceptors (Lipinski definition) is 3. The Morgan fingerprint density at radius 3 is 2.81 bits per heavy atom. The Kier molecular flexibility index (Phi) is 3.46. The van der Waals surface area contributed by atoms with Gasteiger partial charge in [0.1, 0.15) is 0 Å². The molecule has 3 N–H and O–H groups in total. The average molecular weight is 219 g/mol. The van der Waals surface area contributed by atoms with Crippen molar-refractivity contribution in [2.75, 3.05) is 18.0 Å². The normalized spacial score (nSPS) is 16.6. The number of hydrazine groups is 1. The molecule has 1 heterocycles. The molecule has 1 saturated heterocycles. The van der Waals surface area contributed by atoms with E-state index in [9.17, 15) is 0 Å². The third-order valence-corrected chi connectivity index (χ3v) is 3.04. The Morgan fingerprint density at radius 2 is 2.19 bits per heavy atom. The van der Waals surface area contributed by atoms with Crippen molar-refractivity contribution < 1.29 is 0 Å². The van der Waals surface area contributed by atoms with Gasteiger partial charge in [-0.25, -0.2) is 0 Å². The Bertz CT molecular complexity index is 343. The fraction of sp³-hybridized carbons (Fsp3) is 0.538.